The predicted molar refractivity (Wildman–Crippen MR) is 116 cm³/mol. The van der Waals surface area contributed by atoms with Gasteiger partial charge in [-0.25, -0.2) is 13.1 Å². The first-order valence-electron chi connectivity index (χ1n) is 9.02. The summed E-state index contributed by atoms with van der Waals surface area (Å²) in [4.78, 5) is 12.3. The zero-order valence-electron chi connectivity index (χ0n) is 17.2. The van der Waals surface area contributed by atoms with Gasteiger partial charge in [0.05, 0.1) is 10.6 Å². The number of sulfonamides is 1. The van der Waals surface area contributed by atoms with E-state index in [9.17, 15) is 13.2 Å². The molecule has 0 spiro atoms. The second-order valence-corrected chi connectivity index (χ2v) is 10.3. The molecule has 1 unspecified atom stereocenters. The molecule has 1 amide bonds. The maximum absolute atomic E-state index is 12.8. The molecule has 0 saturated heterocycles. The first-order valence-corrected chi connectivity index (χ1v) is 11.7. The maximum atomic E-state index is 12.8. The van der Waals surface area contributed by atoms with Gasteiger partial charge in [0.1, 0.15) is 0 Å². The lowest BCUT2D eigenvalue weighted by Gasteiger charge is -2.21. The average molecular weight is 421 g/mol. The quantitative estimate of drug-likeness (QED) is 0.664. The van der Waals surface area contributed by atoms with Crippen LogP contribution in [0.1, 0.15) is 51.8 Å². The molecule has 5 nitrogen and oxygen atoms in total. The van der Waals surface area contributed by atoms with Crippen LogP contribution in [-0.4, -0.2) is 20.6 Å². The molecule has 0 radical (unpaired) electrons. The van der Waals surface area contributed by atoms with Crippen LogP contribution in [-0.2, 0) is 20.2 Å². The molecule has 0 aliphatic rings. The van der Waals surface area contributed by atoms with Gasteiger partial charge in [-0.1, -0.05) is 45.0 Å². The van der Waals surface area contributed by atoms with E-state index in [1.165, 1.54) is 30.3 Å². The molecule has 2 rings (SSSR count). The van der Waals surface area contributed by atoms with Crippen LogP contribution >= 0.6 is 11.8 Å². The molecule has 0 fully saturated rings. The molecule has 0 saturated carbocycles. The summed E-state index contributed by atoms with van der Waals surface area (Å²) in [7, 11) is -3.74. The Balaban J connectivity index is 2.26. The molecule has 0 aliphatic carbocycles. The van der Waals surface area contributed by atoms with Crippen molar-refractivity contribution < 1.29 is 13.2 Å². The van der Waals surface area contributed by atoms with Crippen molar-refractivity contribution in [3.05, 3.63) is 53.6 Å². The first kappa shape index (κ1) is 22.5. The highest BCUT2D eigenvalue weighted by Crippen LogP contribution is 2.29. The summed E-state index contributed by atoms with van der Waals surface area (Å²) < 4.78 is 28.4. The van der Waals surface area contributed by atoms with E-state index in [-0.39, 0.29) is 22.3 Å². The Bertz CT molecular complexity index is 947. The monoisotopic (exact) mass is 420 g/mol. The number of thioether (sulfide) groups is 1. The number of nitrogens with one attached hydrogen (secondary N) is 2. The lowest BCUT2D eigenvalue weighted by Crippen LogP contribution is -2.27. The van der Waals surface area contributed by atoms with E-state index in [0.717, 1.165) is 10.5 Å². The van der Waals surface area contributed by atoms with Crippen molar-refractivity contribution in [3.63, 3.8) is 0 Å². The number of rotatable bonds is 6. The van der Waals surface area contributed by atoms with Gasteiger partial charge in [-0.2, -0.15) is 0 Å². The molecule has 2 N–H and O–H groups in total. The summed E-state index contributed by atoms with van der Waals surface area (Å²) >= 11 is 1.44. The Hall–Kier alpha value is -1.83. The normalized spacial score (nSPS) is 13.2. The Labute approximate surface area is 172 Å². The van der Waals surface area contributed by atoms with Crippen molar-refractivity contribution in [2.24, 2.45) is 0 Å². The Kier molecular flexibility index (Phi) is 6.96. The molecule has 2 aromatic carbocycles. The number of anilines is 1. The predicted octanol–water partition coefficient (Wildman–Crippen LogP) is 4.70. The van der Waals surface area contributed by atoms with E-state index in [1.54, 1.807) is 12.1 Å². The molecule has 0 bridgehead atoms. The zero-order valence-corrected chi connectivity index (χ0v) is 18.8. The van der Waals surface area contributed by atoms with Crippen LogP contribution in [0.4, 0.5) is 5.69 Å². The van der Waals surface area contributed by atoms with Crippen molar-refractivity contribution in [1.82, 2.24) is 4.72 Å². The van der Waals surface area contributed by atoms with Gasteiger partial charge in [-0.3, -0.25) is 4.79 Å². The standard InChI is InChI=1S/C21H28N2O3S2/c1-14(16-7-9-17(10-8-16)21(3,4)5)23-28(25,26)18-11-12-20(27-6)19(13-18)22-15(2)24/h7-14,23H,1-6H3,(H,22,24). The van der Waals surface area contributed by atoms with Gasteiger partial charge in [0.25, 0.3) is 0 Å². The fourth-order valence-electron chi connectivity index (χ4n) is 2.78. The Morgan fingerprint density at radius 1 is 1.07 bits per heavy atom. The van der Waals surface area contributed by atoms with E-state index in [0.29, 0.717) is 5.69 Å². The van der Waals surface area contributed by atoms with Gasteiger partial charge >= 0.3 is 0 Å². The van der Waals surface area contributed by atoms with Gasteiger partial charge in [-0.15, -0.1) is 11.8 Å². The van der Waals surface area contributed by atoms with Crippen molar-refractivity contribution in [3.8, 4) is 0 Å². The highest BCUT2D eigenvalue weighted by atomic mass is 32.2. The summed E-state index contributed by atoms with van der Waals surface area (Å²) in [5.41, 5.74) is 2.61. The van der Waals surface area contributed by atoms with Crippen molar-refractivity contribution in [1.29, 1.82) is 0 Å². The minimum Gasteiger partial charge on any atom is -0.325 e. The summed E-state index contributed by atoms with van der Waals surface area (Å²) in [6.07, 6.45) is 1.87. The Morgan fingerprint density at radius 3 is 2.18 bits per heavy atom. The van der Waals surface area contributed by atoms with Crippen LogP contribution in [0.2, 0.25) is 0 Å². The van der Waals surface area contributed by atoms with Crippen LogP contribution in [0.3, 0.4) is 0 Å². The van der Waals surface area contributed by atoms with Gasteiger partial charge in [0.15, 0.2) is 0 Å². The van der Waals surface area contributed by atoms with Crippen LogP contribution < -0.4 is 10.0 Å². The largest absolute Gasteiger partial charge is 0.325 e. The van der Waals surface area contributed by atoms with E-state index < -0.39 is 10.0 Å². The fourth-order valence-corrected chi connectivity index (χ4v) is 4.57. The van der Waals surface area contributed by atoms with Crippen LogP contribution in [0.5, 0.6) is 0 Å². The molecule has 28 heavy (non-hydrogen) atoms. The number of amides is 1. The average Bonchev–Trinajstić information content (AvgIpc) is 2.60. The molecule has 1 atom stereocenters. The zero-order chi connectivity index (χ0) is 21.1. The molecule has 7 heteroatoms. The number of benzene rings is 2. The number of hydrogen-bond donors (Lipinski definition) is 2. The van der Waals surface area contributed by atoms with Crippen molar-refractivity contribution in [2.75, 3.05) is 11.6 Å². The van der Waals surface area contributed by atoms with E-state index in [4.69, 9.17) is 0 Å². The number of carbonyl (C=O) groups is 1. The summed E-state index contributed by atoms with van der Waals surface area (Å²) in [5.74, 6) is -0.245. The summed E-state index contributed by atoms with van der Waals surface area (Å²) in [6, 6.07) is 12.3. The lowest BCUT2D eigenvalue weighted by molar-refractivity contribution is -0.114. The molecule has 0 aromatic heterocycles. The van der Waals surface area contributed by atoms with Gasteiger partial charge in [0.2, 0.25) is 15.9 Å². The molecule has 0 aliphatic heterocycles. The SMILES string of the molecule is CSc1ccc(S(=O)(=O)NC(C)c2ccc(C(C)(C)C)cc2)cc1NC(C)=O. The third-order valence-corrected chi connectivity index (χ3v) is 6.73. The highest BCUT2D eigenvalue weighted by Gasteiger charge is 2.21. The molecule has 2 aromatic rings. The smallest absolute Gasteiger partial charge is 0.241 e. The topological polar surface area (TPSA) is 75.3 Å². The number of hydrogen-bond acceptors (Lipinski definition) is 4. The third-order valence-electron chi connectivity index (χ3n) is 4.40. The molecular weight excluding hydrogens is 392 g/mol. The highest BCUT2D eigenvalue weighted by molar-refractivity contribution is 7.98. The van der Waals surface area contributed by atoms with Crippen molar-refractivity contribution in [2.45, 2.75) is 55.9 Å². The van der Waals surface area contributed by atoms with Crippen molar-refractivity contribution >= 4 is 33.4 Å². The lowest BCUT2D eigenvalue weighted by atomic mass is 9.86. The van der Waals surface area contributed by atoms with Gasteiger partial charge < -0.3 is 5.32 Å². The van der Waals surface area contributed by atoms with Crippen LogP contribution in [0.25, 0.3) is 0 Å². The van der Waals surface area contributed by atoms with Gasteiger partial charge in [-0.05, 0) is 47.9 Å². The summed E-state index contributed by atoms with van der Waals surface area (Å²) in [6.45, 7) is 9.62. The number of carbonyl (C=O) groups excluding carboxylic acids is 1. The Morgan fingerprint density at radius 2 is 1.68 bits per heavy atom. The van der Waals surface area contributed by atoms with Gasteiger partial charge in [0, 0.05) is 17.9 Å². The molecular formula is C21H28N2O3S2. The minimum absolute atomic E-state index is 0.0421. The van der Waals surface area contributed by atoms with E-state index in [2.05, 4.69) is 30.8 Å². The molecule has 0 heterocycles. The minimum atomic E-state index is -3.74. The van der Waals surface area contributed by atoms with Crippen LogP contribution in [0.15, 0.2) is 52.3 Å². The van der Waals surface area contributed by atoms with E-state index in [1.807, 2.05) is 37.4 Å². The fraction of sp³-hybridized carbons (Fsp3) is 0.381. The van der Waals surface area contributed by atoms with E-state index >= 15 is 0 Å². The first-order chi connectivity index (χ1) is 12.9. The molecule has 152 valence electrons. The summed E-state index contributed by atoms with van der Waals surface area (Å²) in [5, 5.41) is 2.69. The maximum Gasteiger partial charge on any atom is 0.241 e. The van der Waals surface area contributed by atoms with Crippen LogP contribution in [0, 0.1) is 0 Å². The second kappa shape index (κ2) is 8.68. The third kappa shape index (κ3) is 5.59. The second-order valence-electron chi connectivity index (χ2n) is 7.76.